The van der Waals surface area contributed by atoms with Crippen LogP contribution in [-0.2, 0) is 4.79 Å². The molecule has 0 saturated carbocycles. The van der Waals surface area contributed by atoms with Crippen molar-refractivity contribution in [3.8, 4) is 0 Å². The number of aliphatic carboxylic acids is 1. The molecule has 0 spiro atoms. The second-order valence-corrected chi connectivity index (χ2v) is 4.97. The number of hydrogen-bond acceptors (Lipinski definition) is 3. The van der Waals surface area contributed by atoms with Gasteiger partial charge >= 0.3 is 18.2 Å². The molecule has 1 rings (SSSR count). The van der Waals surface area contributed by atoms with E-state index in [1.807, 2.05) is 0 Å². The van der Waals surface area contributed by atoms with Gasteiger partial charge in [-0.2, -0.15) is 13.2 Å². The van der Waals surface area contributed by atoms with Gasteiger partial charge in [0.25, 0.3) is 0 Å². The molecule has 0 aromatic heterocycles. The fraction of sp³-hybridized carbons (Fsp3) is 0.818. The van der Waals surface area contributed by atoms with Gasteiger partial charge in [-0.25, -0.2) is 4.79 Å². The lowest BCUT2D eigenvalue weighted by Crippen LogP contribution is -2.54. The van der Waals surface area contributed by atoms with Crippen LogP contribution in [0.4, 0.5) is 18.0 Å². The van der Waals surface area contributed by atoms with Crippen LogP contribution in [0, 0.1) is 5.92 Å². The van der Waals surface area contributed by atoms with Gasteiger partial charge in [-0.15, -0.1) is 0 Å². The summed E-state index contributed by atoms with van der Waals surface area (Å²) < 4.78 is 36.5. The number of rotatable bonds is 5. The largest absolute Gasteiger partial charge is 0.481 e. The van der Waals surface area contributed by atoms with Crippen LogP contribution in [0.5, 0.6) is 0 Å². The van der Waals surface area contributed by atoms with Gasteiger partial charge in [-0.3, -0.25) is 4.79 Å². The summed E-state index contributed by atoms with van der Waals surface area (Å²) in [5.41, 5.74) is 5.15. The Morgan fingerprint density at radius 1 is 1.35 bits per heavy atom. The minimum atomic E-state index is -4.33. The summed E-state index contributed by atoms with van der Waals surface area (Å²) in [4.78, 5) is 22.9. The van der Waals surface area contributed by atoms with E-state index in [1.165, 1.54) is 4.90 Å². The van der Waals surface area contributed by atoms with Crippen molar-refractivity contribution in [1.82, 2.24) is 10.2 Å². The second-order valence-electron chi connectivity index (χ2n) is 4.97. The number of carbonyl (C=O) groups excluding carboxylic acids is 1. The third-order valence-corrected chi connectivity index (χ3v) is 3.21. The van der Waals surface area contributed by atoms with E-state index in [0.717, 1.165) is 0 Å². The maximum Gasteiger partial charge on any atom is 0.401 e. The number of nitrogens with one attached hydrogen (secondary N) is 1. The van der Waals surface area contributed by atoms with Crippen LogP contribution in [0.15, 0.2) is 0 Å². The summed E-state index contributed by atoms with van der Waals surface area (Å²) in [6.07, 6.45) is -3.70. The Kier molecular flexibility index (Phi) is 5.61. The minimum Gasteiger partial charge on any atom is -0.481 e. The van der Waals surface area contributed by atoms with Crippen LogP contribution in [0.2, 0.25) is 0 Å². The Labute approximate surface area is 114 Å². The first-order valence-electron chi connectivity index (χ1n) is 6.23. The smallest absolute Gasteiger partial charge is 0.401 e. The standard InChI is InChI=1S/C11H18F3N3O3/c12-11(13,14)6-16-8-3-7(1-2-9(18)19)4-17(5-8)10(15)20/h7-8,16H,1-6H2,(H2,15,20)(H,18,19). The SMILES string of the molecule is NC(=O)N1CC(CCC(=O)O)CC(NCC(F)(F)F)C1. The number of piperidine rings is 1. The van der Waals surface area contributed by atoms with Gasteiger partial charge in [0.1, 0.15) is 0 Å². The summed E-state index contributed by atoms with van der Waals surface area (Å²) >= 11 is 0. The van der Waals surface area contributed by atoms with Crippen LogP contribution < -0.4 is 11.1 Å². The van der Waals surface area contributed by atoms with Gasteiger partial charge in [0, 0.05) is 25.6 Å². The first-order chi connectivity index (χ1) is 9.17. The lowest BCUT2D eigenvalue weighted by molar-refractivity contribution is -0.137. The summed E-state index contributed by atoms with van der Waals surface area (Å²) in [5.74, 6) is -1.14. The summed E-state index contributed by atoms with van der Waals surface area (Å²) in [5, 5.41) is 11.0. The number of nitrogens with zero attached hydrogens (tertiary/aromatic N) is 1. The molecule has 20 heavy (non-hydrogen) atoms. The molecule has 0 aromatic rings. The molecule has 1 fully saturated rings. The Morgan fingerprint density at radius 3 is 2.50 bits per heavy atom. The summed E-state index contributed by atoms with van der Waals surface area (Å²) in [6.45, 7) is -0.752. The predicted molar refractivity (Wildman–Crippen MR) is 64.0 cm³/mol. The van der Waals surface area contributed by atoms with Gasteiger partial charge in [0.15, 0.2) is 0 Å². The number of carboxylic acid groups (broad SMARTS) is 1. The number of hydrogen-bond donors (Lipinski definition) is 3. The second kappa shape index (κ2) is 6.78. The topological polar surface area (TPSA) is 95.7 Å². The van der Waals surface area contributed by atoms with Crippen molar-refractivity contribution in [1.29, 1.82) is 0 Å². The van der Waals surface area contributed by atoms with Crippen LogP contribution in [0.25, 0.3) is 0 Å². The van der Waals surface area contributed by atoms with E-state index in [9.17, 15) is 22.8 Å². The maximum absolute atomic E-state index is 12.2. The van der Waals surface area contributed by atoms with Gasteiger partial charge in [-0.05, 0) is 18.8 Å². The van der Waals surface area contributed by atoms with E-state index in [-0.39, 0.29) is 25.4 Å². The van der Waals surface area contributed by atoms with Crippen molar-refractivity contribution in [3.63, 3.8) is 0 Å². The van der Waals surface area contributed by atoms with Crippen molar-refractivity contribution in [2.45, 2.75) is 31.5 Å². The lowest BCUT2D eigenvalue weighted by Gasteiger charge is -2.37. The normalized spacial score (nSPS) is 23.6. The highest BCUT2D eigenvalue weighted by Crippen LogP contribution is 2.22. The van der Waals surface area contributed by atoms with E-state index in [4.69, 9.17) is 10.8 Å². The number of likely N-dealkylation sites (tertiary alicyclic amines) is 1. The minimum absolute atomic E-state index is 0.0801. The first kappa shape index (κ1) is 16.5. The van der Waals surface area contributed by atoms with Gasteiger partial charge in [-0.1, -0.05) is 0 Å². The summed E-state index contributed by atoms with van der Waals surface area (Å²) in [7, 11) is 0. The molecule has 0 bridgehead atoms. The number of urea groups is 1. The van der Waals surface area contributed by atoms with E-state index in [1.54, 1.807) is 0 Å². The molecular formula is C11H18F3N3O3. The van der Waals surface area contributed by atoms with Crippen molar-refractivity contribution in [2.75, 3.05) is 19.6 Å². The predicted octanol–water partition coefficient (Wildman–Crippen LogP) is 0.772. The number of halogens is 3. The van der Waals surface area contributed by atoms with E-state index in [0.29, 0.717) is 12.8 Å². The van der Waals surface area contributed by atoms with Crippen molar-refractivity contribution in [2.24, 2.45) is 11.7 Å². The first-order valence-corrected chi connectivity index (χ1v) is 6.23. The van der Waals surface area contributed by atoms with Crippen molar-refractivity contribution < 1.29 is 27.9 Å². The number of amides is 2. The number of alkyl halides is 3. The Bertz CT molecular complexity index is 363. The van der Waals surface area contributed by atoms with Crippen molar-refractivity contribution in [3.05, 3.63) is 0 Å². The molecule has 1 heterocycles. The fourth-order valence-corrected chi connectivity index (χ4v) is 2.33. The molecule has 6 nitrogen and oxygen atoms in total. The van der Waals surface area contributed by atoms with Gasteiger partial charge in [0.2, 0.25) is 0 Å². The monoisotopic (exact) mass is 297 g/mol. The molecule has 4 N–H and O–H groups in total. The molecule has 0 aromatic carbocycles. The van der Waals surface area contributed by atoms with Crippen LogP contribution in [0.3, 0.4) is 0 Å². The van der Waals surface area contributed by atoms with Crippen LogP contribution in [0.1, 0.15) is 19.3 Å². The fourth-order valence-electron chi connectivity index (χ4n) is 2.33. The average molecular weight is 297 g/mol. The molecule has 2 atom stereocenters. The molecule has 2 unspecified atom stereocenters. The number of carboxylic acids is 1. The molecule has 0 radical (unpaired) electrons. The maximum atomic E-state index is 12.2. The lowest BCUT2D eigenvalue weighted by atomic mass is 9.90. The van der Waals surface area contributed by atoms with Gasteiger partial charge < -0.3 is 21.1 Å². The van der Waals surface area contributed by atoms with E-state index in [2.05, 4.69) is 5.32 Å². The number of primary amides is 1. The van der Waals surface area contributed by atoms with E-state index < -0.39 is 30.8 Å². The van der Waals surface area contributed by atoms with Crippen molar-refractivity contribution >= 4 is 12.0 Å². The molecule has 9 heteroatoms. The molecule has 1 aliphatic rings. The number of carbonyl (C=O) groups is 2. The molecule has 116 valence electrons. The Morgan fingerprint density at radius 2 is 2.00 bits per heavy atom. The third kappa shape index (κ3) is 6.09. The zero-order chi connectivity index (χ0) is 15.3. The molecular weight excluding hydrogens is 279 g/mol. The highest BCUT2D eigenvalue weighted by atomic mass is 19.4. The van der Waals surface area contributed by atoms with Crippen LogP contribution >= 0.6 is 0 Å². The zero-order valence-corrected chi connectivity index (χ0v) is 10.8. The molecule has 1 aliphatic heterocycles. The van der Waals surface area contributed by atoms with E-state index >= 15 is 0 Å². The quantitative estimate of drug-likeness (QED) is 0.698. The highest BCUT2D eigenvalue weighted by Gasteiger charge is 2.33. The number of nitrogens with two attached hydrogens (primary N) is 1. The Hall–Kier alpha value is -1.51. The van der Waals surface area contributed by atoms with Gasteiger partial charge in [0.05, 0.1) is 6.54 Å². The highest BCUT2D eigenvalue weighted by molar-refractivity contribution is 5.72. The molecule has 1 saturated heterocycles. The zero-order valence-electron chi connectivity index (χ0n) is 10.8. The van der Waals surface area contributed by atoms with Crippen LogP contribution in [-0.4, -0.2) is 53.9 Å². The molecule has 2 amide bonds. The Balaban J connectivity index is 2.56. The molecule has 0 aliphatic carbocycles. The summed E-state index contributed by atoms with van der Waals surface area (Å²) in [6, 6.07) is -1.24. The average Bonchev–Trinajstić information content (AvgIpc) is 2.33. The third-order valence-electron chi connectivity index (χ3n) is 3.21.